The van der Waals surface area contributed by atoms with E-state index < -0.39 is 0 Å². The molecule has 0 bridgehead atoms. The number of hydrogen-bond donors (Lipinski definition) is 0. The lowest BCUT2D eigenvalue weighted by Crippen LogP contribution is -2.32. The molecule has 0 aliphatic carbocycles. The van der Waals surface area contributed by atoms with Gasteiger partial charge in [0.25, 0.3) is 11.1 Å². The van der Waals surface area contributed by atoms with Gasteiger partial charge in [-0.2, -0.15) is 0 Å². The molecule has 4 aromatic carbocycles. The fraction of sp³-hybridized carbons (Fsp3) is 0.103. The molecule has 1 aliphatic rings. The van der Waals surface area contributed by atoms with E-state index in [0.29, 0.717) is 11.5 Å². The zero-order valence-corrected chi connectivity index (χ0v) is 19.7. The van der Waals surface area contributed by atoms with Crippen molar-refractivity contribution in [2.75, 3.05) is 13.2 Å². The maximum Gasteiger partial charge on any atom is 0.293 e. The van der Waals surface area contributed by atoms with Gasteiger partial charge in [0.2, 0.25) is 0 Å². The Morgan fingerprint density at radius 1 is 0.771 bits per heavy atom. The van der Waals surface area contributed by atoms with Crippen molar-refractivity contribution in [3.63, 3.8) is 0 Å². The summed E-state index contributed by atoms with van der Waals surface area (Å²) in [6.07, 6.45) is 1.73. The van der Waals surface area contributed by atoms with E-state index in [1.807, 2.05) is 97.1 Å². The van der Waals surface area contributed by atoms with E-state index in [1.165, 1.54) is 4.90 Å². The molecule has 0 N–H and O–H groups in total. The number of carbonyl (C=O) groups is 2. The van der Waals surface area contributed by atoms with Crippen LogP contribution in [0.15, 0.2) is 102 Å². The van der Waals surface area contributed by atoms with Crippen LogP contribution in [0.3, 0.4) is 0 Å². The summed E-state index contributed by atoms with van der Waals surface area (Å²) in [4.78, 5) is 26.9. The van der Waals surface area contributed by atoms with Crippen molar-refractivity contribution < 1.29 is 19.1 Å². The highest BCUT2D eigenvalue weighted by molar-refractivity contribution is 8.18. The van der Waals surface area contributed by atoms with Gasteiger partial charge in [0, 0.05) is 5.39 Å². The van der Waals surface area contributed by atoms with Gasteiger partial charge in [-0.25, -0.2) is 0 Å². The number of rotatable bonds is 8. The number of nitrogens with zero attached hydrogens (tertiary/aromatic N) is 1. The number of carbonyl (C=O) groups excluding carboxylic acids is 2. The molecule has 5 nitrogen and oxygen atoms in total. The zero-order chi connectivity index (χ0) is 24.0. The second-order valence-electron chi connectivity index (χ2n) is 8.00. The Balaban J connectivity index is 1.18. The third kappa shape index (κ3) is 5.39. The topological polar surface area (TPSA) is 55.8 Å². The summed E-state index contributed by atoms with van der Waals surface area (Å²) in [6.45, 7) is 0.907. The summed E-state index contributed by atoms with van der Waals surface area (Å²) in [6, 6.07) is 31.2. The SMILES string of the molecule is O=C1S/C(=C\c2ccc(OCc3ccccc3)cc2)C(=O)N1CCOc1cccc2ccccc12. The molecule has 0 unspecified atom stereocenters. The third-order valence-electron chi connectivity index (χ3n) is 5.62. The highest BCUT2D eigenvalue weighted by Gasteiger charge is 2.34. The van der Waals surface area contributed by atoms with Crippen LogP contribution < -0.4 is 9.47 Å². The predicted octanol–water partition coefficient (Wildman–Crippen LogP) is 6.53. The van der Waals surface area contributed by atoms with Crippen molar-refractivity contribution in [3.05, 3.63) is 113 Å². The molecule has 5 rings (SSSR count). The molecule has 1 heterocycles. The van der Waals surface area contributed by atoms with Gasteiger partial charge < -0.3 is 9.47 Å². The molecule has 2 amide bonds. The Morgan fingerprint density at radius 2 is 1.51 bits per heavy atom. The van der Waals surface area contributed by atoms with Gasteiger partial charge in [-0.1, -0.05) is 78.9 Å². The van der Waals surface area contributed by atoms with Gasteiger partial charge in [0.05, 0.1) is 11.4 Å². The minimum absolute atomic E-state index is 0.192. The molecular weight excluding hydrogens is 458 g/mol. The van der Waals surface area contributed by atoms with Crippen LogP contribution in [0.5, 0.6) is 11.5 Å². The quantitative estimate of drug-likeness (QED) is 0.268. The highest BCUT2D eigenvalue weighted by Crippen LogP contribution is 2.32. The van der Waals surface area contributed by atoms with Crippen LogP contribution in [-0.4, -0.2) is 29.2 Å². The van der Waals surface area contributed by atoms with E-state index in [2.05, 4.69) is 0 Å². The summed E-state index contributed by atoms with van der Waals surface area (Å²) < 4.78 is 11.7. The average molecular weight is 482 g/mol. The van der Waals surface area contributed by atoms with Gasteiger partial charge in [-0.15, -0.1) is 0 Å². The second kappa shape index (κ2) is 10.5. The maximum absolute atomic E-state index is 12.8. The first-order valence-corrected chi connectivity index (χ1v) is 12.1. The third-order valence-corrected chi connectivity index (χ3v) is 6.53. The number of thioether (sulfide) groups is 1. The molecule has 0 atom stereocenters. The molecule has 1 saturated heterocycles. The Kier molecular flexibility index (Phi) is 6.82. The van der Waals surface area contributed by atoms with Crippen molar-refractivity contribution in [2.24, 2.45) is 0 Å². The zero-order valence-electron chi connectivity index (χ0n) is 18.9. The van der Waals surface area contributed by atoms with Crippen molar-refractivity contribution in [1.29, 1.82) is 0 Å². The monoisotopic (exact) mass is 481 g/mol. The summed E-state index contributed by atoms with van der Waals surface area (Å²) in [5, 5.41) is 1.79. The fourth-order valence-corrected chi connectivity index (χ4v) is 4.68. The highest BCUT2D eigenvalue weighted by atomic mass is 32.2. The maximum atomic E-state index is 12.8. The van der Waals surface area contributed by atoms with Crippen molar-refractivity contribution in [1.82, 2.24) is 4.90 Å². The summed E-state index contributed by atoms with van der Waals surface area (Å²) in [5.74, 6) is 1.18. The first kappa shape index (κ1) is 22.7. The molecular formula is C29H23NO4S. The van der Waals surface area contributed by atoms with Gasteiger partial charge >= 0.3 is 0 Å². The lowest BCUT2D eigenvalue weighted by molar-refractivity contribution is -0.123. The molecule has 0 radical (unpaired) electrons. The molecule has 1 aliphatic heterocycles. The Labute approximate surface area is 208 Å². The molecule has 0 aromatic heterocycles. The van der Waals surface area contributed by atoms with Gasteiger partial charge in [0.1, 0.15) is 24.7 Å². The smallest absolute Gasteiger partial charge is 0.293 e. The largest absolute Gasteiger partial charge is 0.491 e. The van der Waals surface area contributed by atoms with Crippen LogP contribution >= 0.6 is 11.8 Å². The summed E-state index contributed by atoms with van der Waals surface area (Å²) in [7, 11) is 0. The van der Waals surface area contributed by atoms with Gasteiger partial charge in [0.15, 0.2) is 0 Å². The molecule has 6 heteroatoms. The first-order valence-electron chi connectivity index (χ1n) is 11.3. The fourth-order valence-electron chi connectivity index (χ4n) is 3.81. The summed E-state index contributed by atoms with van der Waals surface area (Å²) >= 11 is 0.949. The van der Waals surface area contributed by atoms with Crippen LogP contribution in [-0.2, 0) is 11.4 Å². The van der Waals surface area contributed by atoms with Crippen LogP contribution in [0.25, 0.3) is 16.8 Å². The van der Waals surface area contributed by atoms with Crippen LogP contribution in [0.4, 0.5) is 4.79 Å². The van der Waals surface area contributed by atoms with E-state index >= 15 is 0 Å². The number of imide groups is 1. The first-order chi connectivity index (χ1) is 17.2. The van der Waals surface area contributed by atoms with Crippen molar-refractivity contribution in [2.45, 2.75) is 6.61 Å². The standard InChI is InChI=1S/C29H23NO4S/c31-28-27(19-21-13-15-24(16-14-21)34-20-22-7-2-1-3-8-22)35-29(32)30(28)17-18-33-26-12-6-10-23-9-4-5-11-25(23)26/h1-16,19H,17-18,20H2/b27-19-. The van der Waals surface area contributed by atoms with E-state index in [4.69, 9.17) is 9.47 Å². The lowest BCUT2D eigenvalue weighted by Gasteiger charge is -2.14. The lowest BCUT2D eigenvalue weighted by atomic mass is 10.1. The minimum atomic E-state index is -0.300. The van der Waals surface area contributed by atoms with E-state index in [0.717, 1.165) is 45.2 Å². The van der Waals surface area contributed by atoms with Crippen LogP contribution in [0, 0.1) is 0 Å². The minimum Gasteiger partial charge on any atom is -0.491 e. The number of benzene rings is 4. The number of fused-ring (bicyclic) bond motifs is 1. The Morgan fingerprint density at radius 3 is 2.34 bits per heavy atom. The number of hydrogen-bond acceptors (Lipinski definition) is 5. The Bertz CT molecular complexity index is 1380. The number of amides is 2. The average Bonchev–Trinajstić information content (AvgIpc) is 3.16. The molecule has 174 valence electrons. The number of ether oxygens (including phenoxy) is 2. The predicted molar refractivity (Wildman–Crippen MR) is 139 cm³/mol. The Hall–Kier alpha value is -4.03. The van der Waals surface area contributed by atoms with Crippen molar-refractivity contribution >= 4 is 39.8 Å². The molecule has 1 fully saturated rings. The molecule has 4 aromatic rings. The van der Waals surface area contributed by atoms with Gasteiger partial charge in [-0.05, 0) is 52.6 Å². The molecule has 0 saturated carbocycles. The molecule has 0 spiro atoms. The van der Waals surface area contributed by atoms with Gasteiger partial charge in [-0.3, -0.25) is 14.5 Å². The van der Waals surface area contributed by atoms with Crippen LogP contribution in [0.1, 0.15) is 11.1 Å². The van der Waals surface area contributed by atoms with E-state index in [1.54, 1.807) is 6.08 Å². The summed E-state index contributed by atoms with van der Waals surface area (Å²) in [5.41, 5.74) is 1.92. The second-order valence-corrected chi connectivity index (χ2v) is 9.00. The van der Waals surface area contributed by atoms with E-state index in [9.17, 15) is 9.59 Å². The molecule has 35 heavy (non-hydrogen) atoms. The normalized spacial score (nSPS) is 14.6. The van der Waals surface area contributed by atoms with Crippen LogP contribution in [0.2, 0.25) is 0 Å². The van der Waals surface area contributed by atoms with Crippen molar-refractivity contribution in [3.8, 4) is 11.5 Å². The van der Waals surface area contributed by atoms with E-state index in [-0.39, 0.29) is 24.3 Å².